The van der Waals surface area contributed by atoms with Gasteiger partial charge in [0.15, 0.2) is 0 Å². The molecule has 2 fully saturated rings. The van der Waals surface area contributed by atoms with Crippen molar-refractivity contribution in [2.75, 3.05) is 7.11 Å². The molecule has 2 atom stereocenters. The zero-order valence-corrected chi connectivity index (χ0v) is 8.89. The molecule has 0 spiro atoms. The summed E-state index contributed by atoms with van der Waals surface area (Å²) in [7, 11) is 1.75. The van der Waals surface area contributed by atoms with Crippen molar-refractivity contribution in [3.05, 3.63) is 18.3 Å². The van der Waals surface area contributed by atoms with Crippen LogP contribution in [-0.2, 0) is 9.47 Å². The summed E-state index contributed by atoms with van der Waals surface area (Å²) in [6.45, 7) is 4.14. The van der Waals surface area contributed by atoms with E-state index in [2.05, 4.69) is 13.0 Å². The number of hydrogen-bond donors (Lipinski definition) is 0. The van der Waals surface area contributed by atoms with Crippen LogP contribution in [0.4, 0.5) is 0 Å². The standard InChI is InChI=1S/C10H15O2.Li/c1-4-5-10(11-3)7-6-9(2)8(10)12-9;/h4-5H,6-7H2,1-3H3;/q-1;+1/b5-4-;/t9-,10+;/m0./s1. The van der Waals surface area contributed by atoms with E-state index in [9.17, 15) is 0 Å². The van der Waals surface area contributed by atoms with Gasteiger partial charge in [-0.05, 0) is 18.9 Å². The Kier molecular flexibility index (Phi) is 3.00. The fourth-order valence-electron chi connectivity index (χ4n) is 2.13. The number of epoxide rings is 1. The molecular weight excluding hydrogens is 159 g/mol. The third-order valence-electron chi connectivity index (χ3n) is 2.92. The maximum atomic E-state index is 5.54. The average Bonchev–Trinajstić information content (AvgIpc) is 2.67. The smallest absolute Gasteiger partial charge is 0.561 e. The minimum atomic E-state index is -0.205. The van der Waals surface area contributed by atoms with Gasteiger partial charge in [0.05, 0.1) is 0 Å². The number of hydrogen-bond acceptors (Lipinski definition) is 2. The molecule has 1 saturated carbocycles. The number of methoxy groups -OCH3 is 1. The molecule has 0 aromatic carbocycles. The third kappa shape index (κ3) is 1.51. The quantitative estimate of drug-likeness (QED) is 0.233. The van der Waals surface area contributed by atoms with Gasteiger partial charge in [-0.15, -0.1) is 6.10 Å². The van der Waals surface area contributed by atoms with Crippen molar-refractivity contribution in [1.29, 1.82) is 0 Å². The Balaban J connectivity index is 0.000000845. The summed E-state index contributed by atoms with van der Waals surface area (Å²) in [5, 5.41) is 0. The molecule has 0 unspecified atom stereocenters. The average molecular weight is 174 g/mol. The Morgan fingerprint density at radius 2 is 2.15 bits per heavy atom. The Labute approximate surface area is 91.8 Å². The predicted molar refractivity (Wildman–Crippen MR) is 46.5 cm³/mol. The van der Waals surface area contributed by atoms with Crippen LogP contribution in [0.25, 0.3) is 0 Å². The first-order valence-corrected chi connectivity index (χ1v) is 4.43. The van der Waals surface area contributed by atoms with Crippen molar-refractivity contribution in [1.82, 2.24) is 0 Å². The van der Waals surface area contributed by atoms with E-state index in [4.69, 9.17) is 9.47 Å². The summed E-state index contributed by atoms with van der Waals surface area (Å²) in [6.07, 6.45) is 7.39. The number of fused-ring (bicyclic) bond motifs is 1. The number of allylic oxidation sites excluding steroid dienone is 1. The Bertz CT molecular complexity index is 229. The van der Waals surface area contributed by atoms with Crippen LogP contribution in [0.5, 0.6) is 0 Å². The molecule has 1 saturated heterocycles. The van der Waals surface area contributed by atoms with Gasteiger partial charge in [-0.3, -0.25) is 0 Å². The molecule has 1 aliphatic heterocycles. The molecule has 0 aromatic heterocycles. The number of ether oxygens (including phenoxy) is 2. The molecule has 0 N–H and O–H groups in total. The largest absolute Gasteiger partial charge is 1.00 e. The first-order valence-electron chi connectivity index (χ1n) is 4.43. The first kappa shape index (κ1) is 11.3. The van der Waals surface area contributed by atoms with Crippen LogP contribution < -0.4 is 18.9 Å². The van der Waals surface area contributed by atoms with Crippen molar-refractivity contribution < 1.29 is 28.3 Å². The van der Waals surface area contributed by atoms with Gasteiger partial charge in [0.1, 0.15) is 0 Å². The molecule has 1 aliphatic carbocycles. The van der Waals surface area contributed by atoms with Crippen LogP contribution in [-0.4, -0.2) is 18.3 Å². The van der Waals surface area contributed by atoms with E-state index in [1.165, 1.54) is 0 Å². The van der Waals surface area contributed by atoms with Crippen LogP contribution in [0.15, 0.2) is 12.2 Å². The summed E-state index contributed by atoms with van der Waals surface area (Å²) in [6, 6.07) is 0. The van der Waals surface area contributed by atoms with E-state index in [-0.39, 0.29) is 30.1 Å². The Morgan fingerprint density at radius 3 is 2.46 bits per heavy atom. The van der Waals surface area contributed by atoms with Crippen molar-refractivity contribution in [3.8, 4) is 0 Å². The summed E-state index contributed by atoms with van der Waals surface area (Å²) in [4.78, 5) is 0. The third-order valence-corrected chi connectivity index (χ3v) is 2.92. The van der Waals surface area contributed by atoms with E-state index in [1.807, 2.05) is 13.0 Å². The molecule has 0 radical (unpaired) electrons. The van der Waals surface area contributed by atoms with E-state index in [0.717, 1.165) is 18.9 Å². The summed E-state index contributed by atoms with van der Waals surface area (Å²) in [5.74, 6) is 0. The zero-order chi connectivity index (χ0) is 8.82. The molecule has 0 bridgehead atoms. The summed E-state index contributed by atoms with van der Waals surface area (Å²) < 4.78 is 11.0. The van der Waals surface area contributed by atoms with Gasteiger partial charge in [-0.2, -0.15) is 0 Å². The molecule has 68 valence electrons. The van der Waals surface area contributed by atoms with Crippen LogP contribution in [0, 0.1) is 6.10 Å². The molecule has 3 heteroatoms. The number of rotatable bonds is 2. The molecule has 0 amide bonds. The normalized spacial score (nSPS) is 43.3. The monoisotopic (exact) mass is 174 g/mol. The minimum absolute atomic E-state index is 0. The van der Waals surface area contributed by atoms with Crippen LogP contribution in [0.2, 0.25) is 0 Å². The van der Waals surface area contributed by atoms with E-state index in [1.54, 1.807) is 7.11 Å². The van der Waals surface area contributed by atoms with E-state index >= 15 is 0 Å². The van der Waals surface area contributed by atoms with Gasteiger partial charge in [0, 0.05) is 7.11 Å². The van der Waals surface area contributed by atoms with Gasteiger partial charge < -0.3 is 9.47 Å². The van der Waals surface area contributed by atoms with Gasteiger partial charge >= 0.3 is 18.9 Å². The Morgan fingerprint density at radius 1 is 1.46 bits per heavy atom. The van der Waals surface area contributed by atoms with E-state index in [0.29, 0.717) is 0 Å². The predicted octanol–water partition coefficient (Wildman–Crippen LogP) is -0.934. The van der Waals surface area contributed by atoms with Crippen molar-refractivity contribution in [2.24, 2.45) is 0 Å². The van der Waals surface area contributed by atoms with Gasteiger partial charge in [-0.1, -0.05) is 31.1 Å². The molecule has 2 aliphatic rings. The topological polar surface area (TPSA) is 21.8 Å². The molecule has 2 rings (SSSR count). The van der Waals surface area contributed by atoms with Gasteiger partial charge in [0.2, 0.25) is 0 Å². The van der Waals surface area contributed by atoms with Crippen LogP contribution >= 0.6 is 0 Å². The van der Waals surface area contributed by atoms with Gasteiger partial charge in [-0.25, -0.2) is 0 Å². The van der Waals surface area contributed by atoms with E-state index < -0.39 is 0 Å². The van der Waals surface area contributed by atoms with Crippen LogP contribution in [0.1, 0.15) is 26.7 Å². The minimum Gasteiger partial charge on any atom is -0.561 e. The maximum Gasteiger partial charge on any atom is 1.00 e. The first-order chi connectivity index (χ1) is 5.67. The molecular formula is C10H15LiO2. The second-order valence-electron chi connectivity index (χ2n) is 3.76. The maximum absolute atomic E-state index is 5.54. The van der Waals surface area contributed by atoms with Crippen molar-refractivity contribution in [2.45, 2.75) is 37.9 Å². The van der Waals surface area contributed by atoms with Crippen molar-refractivity contribution in [3.63, 3.8) is 0 Å². The second kappa shape index (κ2) is 3.44. The summed E-state index contributed by atoms with van der Waals surface area (Å²) >= 11 is 0. The fourth-order valence-corrected chi connectivity index (χ4v) is 2.13. The molecule has 0 aromatic rings. The van der Waals surface area contributed by atoms with Crippen molar-refractivity contribution >= 4 is 0 Å². The molecule has 13 heavy (non-hydrogen) atoms. The molecule has 1 heterocycles. The zero-order valence-electron chi connectivity index (χ0n) is 8.89. The van der Waals surface area contributed by atoms with Gasteiger partial charge in [0.25, 0.3) is 0 Å². The second-order valence-corrected chi connectivity index (χ2v) is 3.76. The fraction of sp³-hybridized carbons (Fsp3) is 0.700. The van der Waals surface area contributed by atoms with Crippen LogP contribution in [0.3, 0.4) is 0 Å². The SMILES string of the molecule is C/C=C\[C@@]1(OC)CC[C@]2(C)O[C-]12.[Li+]. The molecule has 2 nitrogen and oxygen atoms in total. The Hall–Kier alpha value is 0.257. The summed E-state index contributed by atoms with van der Waals surface area (Å²) in [5.41, 5.74) is -0.168.